The van der Waals surface area contributed by atoms with Crippen LogP contribution in [0.4, 0.5) is 0 Å². The molecule has 15 atom stereocenters. The van der Waals surface area contributed by atoms with Crippen molar-refractivity contribution < 1.29 is 64.5 Å². The fourth-order valence-corrected chi connectivity index (χ4v) is 5.54. The van der Waals surface area contributed by atoms with Crippen LogP contribution in [0.15, 0.2) is 35.4 Å². The molecule has 0 amide bonds. The number of nitrogens with two attached hydrogens (primary N) is 3. The van der Waals surface area contributed by atoms with Gasteiger partial charge in [-0.05, 0) is 11.1 Å². The first-order valence-electron chi connectivity index (χ1n) is 13.4. The number of hydrogen-bond acceptors (Lipinski definition) is 17. The van der Waals surface area contributed by atoms with E-state index in [1.807, 2.05) is 0 Å². The molecule has 0 bridgehead atoms. The molecule has 4 rings (SSSR count). The lowest BCUT2D eigenvalue weighted by molar-refractivity contribution is -0.379. The second-order valence-corrected chi connectivity index (χ2v) is 10.6. The molecule has 0 saturated carbocycles. The third-order valence-corrected chi connectivity index (χ3v) is 8.07. The average Bonchev–Trinajstić information content (AvgIpc) is 3.01. The molecule has 19 nitrogen and oxygen atoms in total. The molecule has 3 aliphatic rings. The molecule has 19 heteroatoms. The van der Waals surface area contributed by atoms with Crippen LogP contribution in [0.1, 0.15) is 5.56 Å². The topological polar surface area (TPSA) is 335 Å². The minimum atomic E-state index is -2.83. The molecular weight excluding hydrogens is 580 g/mol. The Balaban J connectivity index is 1.59. The summed E-state index contributed by atoms with van der Waals surface area (Å²) in [7, 11) is 0. The normalized spacial score (nSPS) is 47.1. The highest BCUT2D eigenvalue weighted by Gasteiger charge is 2.65. The van der Waals surface area contributed by atoms with Gasteiger partial charge in [-0.15, -0.1) is 0 Å². The van der Waals surface area contributed by atoms with E-state index < -0.39 is 111 Å². The van der Waals surface area contributed by atoms with Gasteiger partial charge in [0.05, 0.1) is 37.9 Å². The van der Waals surface area contributed by atoms with E-state index in [2.05, 4.69) is 10.0 Å². The highest BCUT2D eigenvalue weighted by Crippen LogP contribution is 2.46. The molecule has 1 aromatic carbocycles. The van der Waals surface area contributed by atoms with Gasteiger partial charge in [-0.25, -0.2) is 0 Å². The maximum absolute atomic E-state index is 11.4. The van der Waals surface area contributed by atoms with Gasteiger partial charge >= 0.3 is 0 Å². The van der Waals surface area contributed by atoms with Gasteiger partial charge < -0.3 is 81.7 Å². The van der Waals surface area contributed by atoms with Gasteiger partial charge in [-0.1, -0.05) is 35.4 Å². The SMILES string of the molecule is [N-]=[N+]=N[C@]1(O)[C@H](O)[C@@H](N)[C@@H](OC2[C@@H](CO)O[C@@H](OC3[C@@H](CO)O[C@@H](O)[C@H](N)[C@H]3O)[C@H](N)[C@H]2O)O[C@@]1(CO)c1ccccc1. The van der Waals surface area contributed by atoms with Gasteiger partial charge in [0.25, 0.3) is 0 Å². The number of ether oxygens (including phenoxy) is 5. The van der Waals surface area contributed by atoms with E-state index in [4.69, 9.17) is 46.4 Å². The van der Waals surface area contributed by atoms with Crippen LogP contribution in [0, 0.1) is 0 Å². The highest BCUT2D eigenvalue weighted by atomic mass is 16.7. The van der Waals surface area contributed by atoms with Crippen LogP contribution < -0.4 is 17.2 Å². The van der Waals surface area contributed by atoms with Crippen LogP contribution in [-0.2, 0) is 29.3 Å². The lowest BCUT2D eigenvalue weighted by Crippen LogP contribution is -2.74. The zero-order valence-electron chi connectivity index (χ0n) is 22.7. The van der Waals surface area contributed by atoms with E-state index >= 15 is 0 Å². The minimum Gasteiger partial charge on any atom is -0.394 e. The maximum atomic E-state index is 11.4. The summed E-state index contributed by atoms with van der Waals surface area (Å²) in [6, 6.07) is 3.13. The minimum absolute atomic E-state index is 0.0753. The Morgan fingerprint density at radius 3 is 1.95 bits per heavy atom. The van der Waals surface area contributed by atoms with Crippen molar-refractivity contribution in [3.05, 3.63) is 46.3 Å². The number of aliphatic hydroxyl groups excluding tert-OH is 7. The molecule has 2 unspecified atom stereocenters. The second-order valence-electron chi connectivity index (χ2n) is 10.6. The van der Waals surface area contributed by atoms with E-state index in [-0.39, 0.29) is 5.56 Å². The van der Waals surface area contributed by atoms with Crippen LogP contribution in [0.2, 0.25) is 0 Å². The average molecular weight is 619 g/mol. The van der Waals surface area contributed by atoms with Gasteiger partial charge in [-0.3, -0.25) is 0 Å². The van der Waals surface area contributed by atoms with Crippen molar-refractivity contribution >= 4 is 0 Å². The van der Waals surface area contributed by atoms with Crippen molar-refractivity contribution in [2.45, 2.75) is 91.0 Å². The van der Waals surface area contributed by atoms with E-state index in [0.29, 0.717) is 0 Å². The van der Waals surface area contributed by atoms with Crippen molar-refractivity contribution in [3.63, 3.8) is 0 Å². The van der Waals surface area contributed by atoms with E-state index in [1.165, 1.54) is 24.3 Å². The highest BCUT2D eigenvalue weighted by molar-refractivity contribution is 5.30. The van der Waals surface area contributed by atoms with Gasteiger partial charge in [0.2, 0.25) is 5.72 Å². The third kappa shape index (κ3) is 5.86. The zero-order chi connectivity index (χ0) is 31.7. The summed E-state index contributed by atoms with van der Waals surface area (Å²) in [6.45, 7) is -2.52. The molecule has 43 heavy (non-hydrogen) atoms. The molecule has 3 fully saturated rings. The summed E-state index contributed by atoms with van der Waals surface area (Å²) >= 11 is 0. The number of aliphatic hydroxyl groups is 8. The summed E-state index contributed by atoms with van der Waals surface area (Å²) in [5, 5.41) is 87.5. The maximum Gasteiger partial charge on any atom is 0.207 e. The standard InChI is InChI=1S/C24H38N6O13/c25-12-15(34)17(10(6-31)39-20(12)37)41-21-13(26)16(35)18(11(7-32)40-21)42-22-14(27)19(36)24(38,29-30-28)23(8-33,43-22)9-4-2-1-3-5-9/h1-5,10-22,31-38H,6-8,25-27H2/t10-,11-,12-,13-,14-,15-,16-,17?,18?,19-,20-,21+,22+,23+,24+/m1/s1. The molecule has 0 spiro atoms. The van der Waals surface area contributed by atoms with E-state index in [9.17, 15) is 40.9 Å². The van der Waals surface area contributed by atoms with E-state index in [1.54, 1.807) is 6.07 Å². The second kappa shape index (κ2) is 13.5. The molecule has 3 heterocycles. The molecule has 1 aromatic rings. The van der Waals surface area contributed by atoms with Crippen molar-refractivity contribution in [1.29, 1.82) is 0 Å². The molecule has 242 valence electrons. The Labute approximate surface area is 244 Å². The van der Waals surface area contributed by atoms with Crippen LogP contribution >= 0.6 is 0 Å². The first-order chi connectivity index (χ1) is 20.4. The Bertz CT molecular complexity index is 1120. The molecular formula is C24H38N6O13. The fraction of sp³-hybridized carbons (Fsp3) is 0.750. The predicted octanol–water partition coefficient (Wildman–Crippen LogP) is -5.51. The van der Waals surface area contributed by atoms with Gasteiger partial charge in [0.15, 0.2) is 24.5 Å². The molecule has 3 saturated heterocycles. The monoisotopic (exact) mass is 618 g/mol. The van der Waals surface area contributed by atoms with Crippen molar-refractivity contribution in [3.8, 4) is 0 Å². The number of azide groups is 1. The molecule has 0 aromatic heterocycles. The van der Waals surface area contributed by atoms with Crippen LogP contribution in [0.3, 0.4) is 0 Å². The van der Waals surface area contributed by atoms with Gasteiger partial charge in [0.1, 0.15) is 42.7 Å². The van der Waals surface area contributed by atoms with Crippen LogP contribution in [0.5, 0.6) is 0 Å². The number of nitrogens with zero attached hydrogens (tertiary/aromatic N) is 3. The quantitative estimate of drug-likeness (QED) is 0.0698. The van der Waals surface area contributed by atoms with Gasteiger partial charge in [-0.2, -0.15) is 0 Å². The summed E-state index contributed by atoms with van der Waals surface area (Å²) in [5.74, 6) is 0. The van der Waals surface area contributed by atoms with Crippen LogP contribution in [-0.4, -0.2) is 146 Å². The first-order valence-corrected chi connectivity index (χ1v) is 13.4. The van der Waals surface area contributed by atoms with Crippen LogP contribution in [0.25, 0.3) is 10.4 Å². The fourth-order valence-electron chi connectivity index (χ4n) is 5.54. The third-order valence-electron chi connectivity index (χ3n) is 8.07. The Hall–Kier alpha value is -2.11. The van der Waals surface area contributed by atoms with Crippen molar-refractivity contribution in [2.75, 3.05) is 19.8 Å². The Morgan fingerprint density at radius 2 is 1.40 bits per heavy atom. The number of rotatable bonds is 9. The number of hydrogen-bond donors (Lipinski definition) is 11. The Morgan fingerprint density at radius 1 is 0.837 bits per heavy atom. The first kappa shape index (κ1) is 33.8. The summed E-state index contributed by atoms with van der Waals surface area (Å²) in [5.41, 5.74) is 22.1. The molecule has 14 N–H and O–H groups in total. The smallest absolute Gasteiger partial charge is 0.207 e. The zero-order valence-corrected chi connectivity index (χ0v) is 22.7. The lowest BCUT2D eigenvalue weighted by atomic mass is 9.76. The largest absolute Gasteiger partial charge is 0.394 e. The lowest BCUT2D eigenvalue weighted by Gasteiger charge is -2.54. The molecule has 0 aliphatic carbocycles. The van der Waals surface area contributed by atoms with Crippen molar-refractivity contribution in [1.82, 2.24) is 0 Å². The summed E-state index contributed by atoms with van der Waals surface area (Å²) in [4.78, 5) is 2.59. The molecule has 3 aliphatic heterocycles. The number of benzene rings is 1. The Kier molecular flexibility index (Phi) is 10.6. The van der Waals surface area contributed by atoms with Crippen molar-refractivity contribution in [2.24, 2.45) is 22.3 Å². The predicted molar refractivity (Wildman–Crippen MR) is 140 cm³/mol. The summed E-state index contributed by atoms with van der Waals surface area (Å²) in [6.07, 6.45) is -15.8. The summed E-state index contributed by atoms with van der Waals surface area (Å²) < 4.78 is 28.4. The van der Waals surface area contributed by atoms with E-state index in [0.717, 1.165) is 0 Å². The van der Waals surface area contributed by atoms with Gasteiger partial charge in [0, 0.05) is 4.91 Å². The molecule has 0 radical (unpaired) electrons.